The second-order valence-electron chi connectivity index (χ2n) is 9.44. The van der Waals surface area contributed by atoms with E-state index in [0.29, 0.717) is 16.2 Å². The van der Waals surface area contributed by atoms with Crippen LogP contribution in [0.2, 0.25) is 18.1 Å². The molecule has 3 heterocycles. The number of thiazole rings is 3. The molecule has 0 saturated carbocycles. The fraction of sp³-hybridized carbons (Fsp3) is 0.409. The molecule has 0 amide bonds. The molecular weight excluding hydrogens is 511 g/mol. The van der Waals surface area contributed by atoms with Gasteiger partial charge in [0.1, 0.15) is 21.5 Å². The smallest absolute Gasteiger partial charge is 0.211 e. The molecule has 0 N–H and O–H groups in total. The maximum atomic E-state index is 12.9. The first kappa shape index (κ1) is 24.6. The molecule has 11 heteroatoms. The summed E-state index contributed by atoms with van der Waals surface area (Å²) in [6.45, 7) is 13.2. The Morgan fingerprint density at radius 2 is 1.79 bits per heavy atom. The molecule has 4 rings (SSSR count). The summed E-state index contributed by atoms with van der Waals surface area (Å²) in [4.78, 5) is 13.6. The van der Waals surface area contributed by atoms with Gasteiger partial charge >= 0.3 is 0 Å². The third-order valence-electron chi connectivity index (χ3n) is 5.80. The normalized spacial score (nSPS) is 14.1. The van der Waals surface area contributed by atoms with E-state index < -0.39 is 18.2 Å². The summed E-state index contributed by atoms with van der Waals surface area (Å²) < 4.78 is 33.3. The van der Waals surface area contributed by atoms with Crippen molar-refractivity contribution < 1.29 is 12.8 Å². The summed E-state index contributed by atoms with van der Waals surface area (Å²) in [6, 6.07) is 7.43. The average Bonchev–Trinajstić information content (AvgIpc) is 3.45. The Morgan fingerprint density at radius 3 is 2.48 bits per heavy atom. The molecule has 33 heavy (non-hydrogen) atoms. The standard InChI is InChI=1S/C22H27N3O3S4Si/c1-14(28-33(5,6)22(2,3)4)19-24-17(12-30-19)20-23-15(11-29-20)13-32(26,27)21-25-16-9-7-8-10-18(16)31-21/h7-12,14H,13H2,1-6H3/t14-/m1/s1. The van der Waals surface area contributed by atoms with Crippen LogP contribution in [0.15, 0.2) is 39.4 Å². The zero-order valence-corrected chi connectivity index (χ0v) is 23.7. The van der Waals surface area contributed by atoms with Gasteiger partial charge in [0, 0.05) is 10.8 Å². The molecule has 1 atom stereocenters. The Labute approximate surface area is 207 Å². The van der Waals surface area contributed by atoms with Crippen LogP contribution < -0.4 is 0 Å². The first-order valence-corrected chi connectivity index (χ1v) is 17.7. The number of nitrogens with zero attached hydrogens (tertiary/aromatic N) is 3. The minimum Gasteiger partial charge on any atom is -0.408 e. The van der Waals surface area contributed by atoms with Gasteiger partial charge in [0.25, 0.3) is 0 Å². The van der Waals surface area contributed by atoms with E-state index in [4.69, 9.17) is 9.41 Å². The lowest BCUT2D eigenvalue weighted by molar-refractivity contribution is 0.202. The predicted molar refractivity (Wildman–Crippen MR) is 140 cm³/mol. The molecule has 0 radical (unpaired) electrons. The third-order valence-corrected chi connectivity index (χ3v) is 15.4. The SMILES string of the molecule is C[C@@H](O[Si](C)(C)C(C)(C)C)c1nc(-c2nc(CS(=O)(=O)c3nc4ccccc4s3)cs2)cs1. The Kier molecular flexibility index (Phi) is 6.66. The van der Waals surface area contributed by atoms with E-state index in [1.807, 2.05) is 36.6 Å². The van der Waals surface area contributed by atoms with Crippen molar-refractivity contribution in [2.75, 3.05) is 0 Å². The summed E-state index contributed by atoms with van der Waals surface area (Å²) in [5.41, 5.74) is 1.97. The zero-order chi connectivity index (χ0) is 24.0. The van der Waals surface area contributed by atoms with Gasteiger partial charge in [-0.2, -0.15) is 0 Å². The highest BCUT2D eigenvalue weighted by Crippen LogP contribution is 2.40. The lowest BCUT2D eigenvalue weighted by Gasteiger charge is -2.38. The van der Waals surface area contributed by atoms with Crippen LogP contribution in [0, 0.1) is 0 Å². The second-order valence-corrected chi connectivity index (χ2v) is 19.1. The summed E-state index contributed by atoms with van der Waals surface area (Å²) >= 11 is 4.15. The summed E-state index contributed by atoms with van der Waals surface area (Å²) in [5, 5.41) is 5.50. The van der Waals surface area contributed by atoms with Crippen molar-refractivity contribution in [2.45, 2.75) is 62.0 Å². The Bertz CT molecular complexity index is 1350. The predicted octanol–water partition coefficient (Wildman–Crippen LogP) is 6.93. The zero-order valence-electron chi connectivity index (χ0n) is 19.4. The molecule has 0 aliphatic rings. The van der Waals surface area contributed by atoms with E-state index in [1.54, 1.807) is 16.7 Å². The molecule has 0 aliphatic heterocycles. The third kappa shape index (κ3) is 5.28. The van der Waals surface area contributed by atoms with E-state index in [1.165, 1.54) is 22.7 Å². The molecule has 0 bridgehead atoms. The van der Waals surface area contributed by atoms with Crippen LogP contribution in [0.3, 0.4) is 0 Å². The molecule has 6 nitrogen and oxygen atoms in total. The molecule has 0 unspecified atom stereocenters. The number of sulfone groups is 1. The van der Waals surface area contributed by atoms with Gasteiger partial charge in [0.15, 0.2) is 8.32 Å². The molecule has 3 aromatic heterocycles. The first-order valence-electron chi connectivity index (χ1n) is 10.5. The van der Waals surface area contributed by atoms with E-state index in [9.17, 15) is 8.42 Å². The highest BCUT2D eigenvalue weighted by Gasteiger charge is 2.39. The van der Waals surface area contributed by atoms with E-state index >= 15 is 0 Å². The van der Waals surface area contributed by atoms with Gasteiger partial charge in [-0.05, 0) is 37.2 Å². The quantitative estimate of drug-likeness (QED) is 0.238. The van der Waals surface area contributed by atoms with Gasteiger partial charge in [-0.25, -0.2) is 23.4 Å². The van der Waals surface area contributed by atoms with Gasteiger partial charge in [-0.3, -0.25) is 0 Å². The average molecular weight is 538 g/mol. The van der Waals surface area contributed by atoms with Gasteiger partial charge in [0.2, 0.25) is 14.2 Å². The number of fused-ring (bicyclic) bond motifs is 1. The minimum atomic E-state index is -3.57. The lowest BCUT2D eigenvalue weighted by Crippen LogP contribution is -2.41. The molecule has 0 saturated heterocycles. The summed E-state index contributed by atoms with van der Waals surface area (Å²) in [6.07, 6.45) is -0.0940. The minimum absolute atomic E-state index is 0.0940. The number of para-hydroxylation sites is 1. The molecular formula is C22H27N3O3S4Si. The Balaban J connectivity index is 1.49. The fourth-order valence-electron chi connectivity index (χ4n) is 2.97. The highest BCUT2D eigenvalue weighted by atomic mass is 32.2. The van der Waals surface area contributed by atoms with Crippen LogP contribution in [0.5, 0.6) is 0 Å². The van der Waals surface area contributed by atoms with Crippen molar-refractivity contribution in [3.63, 3.8) is 0 Å². The summed E-state index contributed by atoms with van der Waals surface area (Å²) in [5.74, 6) is -0.175. The van der Waals surface area contributed by atoms with Gasteiger partial charge in [-0.1, -0.05) is 32.9 Å². The maximum Gasteiger partial charge on any atom is 0.211 e. The number of hydrogen-bond acceptors (Lipinski definition) is 9. The van der Waals surface area contributed by atoms with Gasteiger partial charge in [0.05, 0.1) is 22.0 Å². The first-order chi connectivity index (χ1) is 15.4. The molecule has 0 aliphatic carbocycles. The Hall–Kier alpha value is -1.50. The molecule has 176 valence electrons. The highest BCUT2D eigenvalue weighted by molar-refractivity contribution is 7.92. The number of rotatable bonds is 7. The van der Waals surface area contributed by atoms with E-state index in [2.05, 4.69) is 43.8 Å². The molecule has 0 spiro atoms. The van der Waals surface area contributed by atoms with Crippen LogP contribution in [0.25, 0.3) is 20.9 Å². The second kappa shape index (κ2) is 8.93. The van der Waals surface area contributed by atoms with Crippen molar-refractivity contribution in [3.05, 3.63) is 45.7 Å². The topological polar surface area (TPSA) is 82.0 Å². The Morgan fingerprint density at radius 1 is 1.06 bits per heavy atom. The molecule has 1 aromatic carbocycles. The largest absolute Gasteiger partial charge is 0.408 e. The maximum absolute atomic E-state index is 12.9. The van der Waals surface area contributed by atoms with E-state index in [-0.39, 0.29) is 21.2 Å². The van der Waals surface area contributed by atoms with Crippen LogP contribution in [0.4, 0.5) is 0 Å². The van der Waals surface area contributed by atoms with Crippen LogP contribution in [-0.2, 0) is 20.0 Å². The summed E-state index contributed by atoms with van der Waals surface area (Å²) in [7, 11) is -5.47. The van der Waals surface area contributed by atoms with Crippen molar-refractivity contribution in [1.82, 2.24) is 15.0 Å². The van der Waals surface area contributed by atoms with Crippen molar-refractivity contribution >= 4 is 62.4 Å². The van der Waals surface area contributed by atoms with Crippen molar-refractivity contribution in [1.29, 1.82) is 0 Å². The number of benzene rings is 1. The van der Waals surface area contributed by atoms with Gasteiger partial charge < -0.3 is 4.43 Å². The van der Waals surface area contributed by atoms with Gasteiger partial charge in [-0.15, -0.1) is 34.0 Å². The van der Waals surface area contributed by atoms with E-state index in [0.717, 1.165) is 15.4 Å². The van der Waals surface area contributed by atoms with Crippen LogP contribution >= 0.6 is 34.0 Å². The number of aromatic nitrogens is 3. The number of hydrogen-bond donors (Lipinski definition) is 0. The van der Waals surface area contributed by atoms with Crippen LogP contribution in [-0.4, -0.2) is 31.7 Å². The van der Waals surface area contributed by atoms with Crippen molar-refractivity contribution in [2.24, 2.45) is 0 Å². The van der Waals surface area contributed by atoms with Crippen molar-refractivity contribution in [3.8, 4) is 10.7 Å². The molecule has 0 fully saturated rings. The molecule has 4 aromatic rings. The lowest BCUT2D eigenvalue weighted by atomic mass is 10.2. The fourth-order valence-corrected chi connectivity index (χ4v) is 8.70. The monoisotopic (exact) mass is 537 g/mol. The van der Waals surface area contributed by atoms with Crippen LogP contribution in [0.1, 0.15) is 44.5 Å².